The SMILES string of the molecule is CCCC(=O)Nc1nccc(-c2ccc(OC[C@@H]3CO[C@@](Cn4ccnc4)(c4ccc(Cl)cc4Cl)O3)cc2)n1. The predicted molar refractivity (Wildman–Crippen MR) is 148 cm³/mol. The minimum Gasteiger partial charge on any atom is -0.491 e. The van der Waals surface area contributed by atoms with Crippen molar-refractivity contribution in [1.29, 1.82) is 0 Å². The molecule has 202 valence electrons. The molecule has 0 radical (unpaired) electrons. The monoisotopic (exact) mass is 567 g/mol. The third-order valence-electron chi connectivity index (χ3n) is 6.12. The molecule has 0 unspecified atom stereocenters. The molecule has 1 aliphatic rings. The number of anilines is 1. The fourth-order valence-electron chi connectivity index (χ4n) is 4.28. The average molecular weight is 568 g/mol. The number of nitrogens with one attached hydrogen (secondary N) is 1. The smallest absolute Gasteiger partial charge is 0.229 e. The number of halogens is 2. The Morgan fingerprint density at radius 1 is 1.18 bits per heavy atom. The molecule has 39 heavy (non-hydrogen) atoms. The van der Waals surface area contributed by atoms with Gasteiger partial charge in [0.25, 0.3) is 0 Å². The van der Waals surface area contributed by atoms with Crippen molar-refractivity contribution in [2.75, 3.05) is 18.5 Å². The standard InChI is InChI=1S/C28H27Cl2N5O4/c1-2-3-26(36)34-27-32-11-10-25(33-27)19-4-7-21(8-5-19)37-15-22-16-38-28(39-22,17-35-13-12-31-18-35)23-9-6-20(29)14-24(23)30/h4-14,18,22H,2-3,15-17H2,1H3,(H,32,33,34,36)/t22-,28-/m1/s1. The summed E-state index contributed by atoms with van der Waals surface area (Å²) in [7, 11) is 0. The lowest BCUT2D eigenvalue weighted by Crippen LogP contribution is -2.34. The number of imidazole rings is 1. The second-order valence-electron chi connectivity index (χ2n) is 9.06. The quantitative estimate of drug-likeness (QED) is 0.261. The molecule has 1 amide bonds. The van der Waals surface area contributed by atoms with Gasteiger partial charge in [0.05, 0.1) is 30.2 Å². The Labute approximate surface area is 236 Å². The lowest BCUT2D eigenvalue weighted by molar-refractivity contribution is -0.189. The van der Waals surface area contributed by atoms with Crippen molar-refractivity contribution in [2.24, 2.45) is 0 Å². The van der Waals surface area contributed by atoms with Gasteiger partial charge in [0.2, 0.25) is 17.6 Å². The van der Waals surface area contributed by atoms with E-state index in [1.54, 1.807) is 36.9 Å². The Bertz CT molecular complexity index is 1420. The van der Waals surface area contributed by atoms with E-state index in [0.717, 1.165) is 12.0 Å². The molecule has 0 aliphatic carbocycles. The Kier molecular flexibility index (Phi) is 8.42. The first-order valence-electron chi connectivity index (χ1n) is 12.5. The number of rotatable bonds is 10. The average Bonchev–Trinajstić information content (AvgIpc) is 3.59. The minimum absolute atomic E-state index is 0.108. The lowest BCUT2D eigenvalue weighted by atomic mass is 10.1. The van der Waals surface area contributed by atoms with Crippen molar-refractivity contribution in [1.82, 2.24) is 19.5 Å². The van der Waals surface area contributed by atoms with Gasteiger partial charge in [-0.25, -0.2) is 15.0 Å². The summed E-state index contributed by atoms with van der Waals surface area (Å²) < 4.78 is 20.6. The van der Waals surface area contributed by atoms with Gasteiger partial charge < -0.3 is 18.8 Å². The van der Waals surface area contributed by atoms with E-state index >= 15 is 0 Å². The Morgan fingerprint density at radius 3 is 2.77 bits per heavy atom. The molecule has 3 heterocycles. The van der Waals surface area contributed by atoms with Crippen molar-refractivity contribution in [2.45, 2.75) is 38.2 Å². The Morgan fingerprint density at radius 2 is 2.03 bits per heavy atom. The van der Waals surface area contributed by atoms with E-state index in [9.17, 15) is 4.79 Å². The van der Waals surface area contributed by atoms with Crippen LogP contribution in [-0.4, -0.2) is 44.7 Å². The number of aromatic nitrogens is 4. The van der Waals surface area contributed by atoms with E-state index < -0.39 is 5.79 Å². The summed E-state index contributed by atoms with van der Waals surface area (Å²) in [6.07, 6.45) is 7.69. The number of benzene rings is 2. The van der Waals surface area contributed by atoms with Crippen LogP contribution in [0.15, 0.2) is 73.4 Å². The summed E-state index contributed by atoms with van der Waals surface area (Å²) in [5.74, 6) is -0.268. The fraction of sp³-hybridized carbons (Fsp3) is 0.286. The summed E-state index contributed by atoms with van der Waals surface area (Å²) >= 11 is 12.7. The Hall–Kier alpha value is -3.50. The molecule has 1 saturated heterocycles. The number of nitrogens with zero attached hydrogens (tertiary/aromatic N) is 4. The molecule has 4 aromatic rings. The number of ether oxygens (including phenoxy) is 3. The molecule has 2 aromatic heterocycles. The van der Waals surface area contributed by atoms with Crippen molar-refractivity contribution in [3.63, 3.8) is 0 Å². The van der Waals surface area contributed by atoms with Crippen molar-refractivity contribution in [3.8, 4) is 17.0 Å². The first-order chi connectivity index (χ1) is 18.9. The summed E-state index contributed by atoms with van der Waals surface area (Å²) in [5.41, 5.74) is 2.25. The minimum atomic E-state index is -1.11. The Balaban J connectivity index is 1.24. The first-order valence-corrected chi connectivity index (χ1v) is 13.3. The van der Waals surface area contributed by atoms with Gasteiger partial charge in [0.15, 0.2) is 0 Å². The molecule has 9 nitrogen and oxygen atoms in total. The topological polar surface area (TPSA) is 100 Å². The van der Waals surface area contributed by atoms with Crippen molar-refractivity contribution < 1.29 is 19.0 Å². The summed E-state index contributed by atoms with van der Waals surface area (Å²) in [4.78, 5) is 24.6. The van der Waals surface area contributed by atoms with Crippen LogP contribution in [0.3, 0.4) is 0 Å². The molecule has 11 heteroatoms. The largest absolute Gasteiger partial charge is 0.491 e. The van der Waals surface area contributed by atoms with Crippen LogP contribution in [0.25, 0.3) is 11.3 Å². The van der Waals surface area contributed by atoms with E-state index in [1.807, 2.05) is 48.0 Å². The third-order valence-corrected chi connectivity index (χ3v) is 6.67. The lowest BCUT2D eigenvalue weighted by Gasteiger charge is -2.30. The van der Waals surface area contributed by atoms with Crippen LogP contribution in [0.1, 0.15) is 25.3 Å². The molecule has 2 aromatic carbocycles. The predicted octanol–water partition coefficient (Wildman–Crippen LogP) is 5.73. The molecular weight excluding hydrogens is 541 g/mol. The number of hydrogen-bond donors (Lipinski definition) is 1. The fourth-order valence-corrected chi connectivity index (χ4v) is 4.83. The zero-order valence-corrected chi connectivity index (χ0v) is 22.7. The van der Waals surface area contributed by atoms with Gasteiger partial charge in [0, 0.05) is 41.2 Å². The highest BCUT2D eigenvalue weighted by molar-refractivity contribution is 6.35. The van der Waals surface area contributed by atoms with Crippen molar-refractivity contribution >= 4 is 35.1 Å². The van der Waals surface area contributed by atoms with E-state index in [-0.39, 0.29) is 24.6 Å². The molecule has 1 fully saturated rings. The third kappa shape index (κ3) is 6.57. The van der Waals surface area contributed by atoms with Crippen LogP contribution in [0.5, 0.6) is 5.75 Å². The maximum Gasteiger partial charge on any atom is 0.229 e. The van der Waals surface area contributed by atoms with Gasteiger partial charge in [-0.2, -0.15) is 0 Å². The second-order valence-corrected chi connectivity index (χ2v) is 9.91. The summed E-state index contributed by atoms with van der Waals surface area (Å²) in [5, 5.41) is 3.71. The zero-order chi connectivity index (χ0) is 27.2. The van der Waals surface area contributed by atoms with Gasteiger partial charge in [-0.05, 0) is 48.9 Å². The van der Waals surface area contributed by atoms with E-state index in [2.05, 4.69) is 20.3 Å². The van der Waals surface area contributed by atoms with Crippen LogP contribution >= 0.6 is 23.2 Å². The van der Waals surface area contributed by atoms with Crippen LogP contribution in [0.2, 0.25) is 10.0 Å². The molecule has 0 saturated carbocycles. The molecule has 2 atom stereocenters. The first kappa shape index (κ1) is 27.1. The molecule has 0 spiro atoms. The van der Waals surface area contributed by atoms with Gasteiger partial charge in [0.1, 0.15) is 18.5 Å². The van der Waals surface area contributed by atoms with Crippen LogP contribution in [-0.2, 0) is 26.6 Å². The highest BCUT2D eigenvalue weighted by Gasteiger charge is 2.45. The summed E-state index contributed by atoms with van der Waals surface area (Å²) in [6.45, 7) is 2.90. The number of amides is 1. The molecule has 5 rings (SSSR count). The molecular formula is C28H27Cl2N5O4. The molecule has 1 N–H and O–H groups in total. The van der Waals surface area contributed by atoms with Gasteiger partial charge in [-0.15, -0.1) is 0 Å². The van der Waals surface area contributed by atoms with Crippen LogP contribution in [0, 0.1) is 0 Å². The maximum atomic E-state index is 11.9. The van der Waals surface area contributed by atoms with Gasteiger partial charge in [-0.1, -0.05) is 36.2 Å². The van der Waals surface area contributed by atoms with E-state index in [4.69, 9.17) is 37.4 Å². The number of carbonyl (C=O) groups excluding carboxylic acids is 1. The van der Waals surface area contributed by atoms with Gasteiger partial charge >= 0.3 is 0 Å². The number of hydrogen-bond acceptors (Lipinski definition) is 7. The molecule has 0 bridgehead atoms. The van der Waals surface area contributed by atoms with Crippen LogP contribution in [0.4, 0.5) is 5.95 Å². The van der Waals surface area contributed by atoms with Crippen molar-refractivity contribution in [3.05, 3.63) is 89.1 Å². The van der Waals surface area contributed by atoms with Gasteiger partial charge in [-0.3, -0.25) is 10.1 Å². The summed E-state index contributed by atoms with van der Waals surface area (Å²) in [6, 6.07) is 14.6. The zero-order valence-electron chi connectivity index (χ0n) is 21.2. The normalized spacial score (nSPS) is 18.7. The van der Waals surface area contributed by atoms with Crippen LogP contribution < -0.4 is 10.1 Å². The van der Waals surface area contributed by atoms with E-state index in [0.29, 0.717) is 46.6 Å². The number of carbonyl (C=O) groups is 1. The molecule has 1 aliphatic heterocycles. The highest BCUT2D eigenvalue weighted by Crippen LogP contribution is 2.40. The van der Waals surface area contributed by atoms with E-state index in [1.165, 1.54) is 0 Å². The highest BCUT2D eigenvalue weighted by atomic mass is 35.5. The maximum absolute atomic E-state index is 11.9. The second kappa shape index (κ2) is 12.1.